The van der Waals surface area contributed by atoms with Gasteiger partial charge < -0.3 is 5.11 Å². The molecule has 0 aliphatic rings. The van der Waals surface area contributed by atoms with E-state index in [1.54, 1.807) is 12.1 Å². The molecule has 3 heteroatoms. The van der Waals surface area contributed by atoms with Gasteiger partial charge in [0, 0.05) is 6.42 Å². The lowest BCUT2D eigenvalue weighted by Crippen LogP contribution is -2.02. The van der Waals surface area contributed by atoms with Crippen LogP contribution in [0.5, 0.6) is 0 Å². The third-order valence-electron chi connectivity index (χ3n) is 2.88. The Morgan fingerprint density at radius 3 is 2.44 bits per heavy atom. The van der Waals surface area contributed by atoms with Crippen LogP contribution in [0, 0.1) is 12.7 Å². The summed E-state index contributed by atoms with van der Waals surface area (Å²) in [5.74, 6) is -0.318. The van der Waals surface area contributed by atoms with Gasteiger partial charge in [0.15, 0.2) is 0 Å². The molecule has 1 nitrogen and oxygen atoms in total. The third-order valence-corrected chi connectivity index (χ3v) is 3.49. The topological polar surface area (TPSA) is 20.2 Å². The SMILES string of the molecule is Cc1ccc(CC(O)c2ccc(F)c(Br)c2)cc1. The number of hydrogen-bond acceptors (Lipinski definition) is 1. The molecule has 0 radical (unpaired) electrons. The molecule has 0 spiro atoms. The summed E-state index contributed by atoms with van der Waals surface area (Å²) in [6.07, 6.45) is -0.0946. The van der Waals surface area contributed by atoms with Crippen LogP contribution >= 0.6 is 15.9 Å². The molecule has 1 unspecified atom stereocenters. The van der Waals surface area contributed by atoms with Crippen LogP contribution < -0.4 is 0 Å². The fourth-order valence-electron chi connectivity index (χ4n) is 1.78. The van der Waals surface area contributed by atoms with E-state index in [9.17, 15) is 9.50 Å². The number of benzene rings is 2. The quantitative estimate of drug-likeness (QED) is 0.902. The van der Waals surface area contributed by atoms with Crippen LogP contribution in [-0.4, -0.2) is 5.11 Å². The first-order valence-corrected chi connectivity index (χ1v) is 6.54. The highest BCUT2D eigenvalue weighted by Gasteiger charge is 2.10. The van der Waals surface area contributed by atoms with Crippen LogP contribution in [-0.2, 0) is 6.42 Å². The van der Waals surface area contributed by atoms with E-state index < -0.39 is 6.10 Å². The third kappa shape index (κ3) is 3.18. The fraction of sp³-hybridized carbons (Fsp3) is 0.200. The highest BCUT2D eigenvalue weighted by atomic mass is 79.9. The molecule has 2 rings (SSSR count). The first kappa shape index (κ1) is 13.2. The van der Waals surface area contributed by atoms with E-state index in [-0.39, 0.29) is 5.82 Å². The van der Waals surface area contributed by atoms with Crippen LogP contribution in [0.2, 0.25) is 0 Å². The molecule has 2 aromatic carbocycles. The van der Waals surface area contributed by atoms with Crippen LogP contribution in [0.1, 0.15) is 22.8 Å². The molecular weight excluding hydrogens is 295 g/mol. The van der Waals surface area contributed by atoms with Crippen molar-refractivity contribution in [2.75, 3.05) is 0 Å². The van der Waals surface area contributed by atoms with Gasteiger partial charge in [0.05, 0.1) is 10.6 Å². The Labute approximate surface area is 114 Å². The fourth-order valence-corrected chi connectivity index (χ4v) is 2.18. The maximum Gasteiger partial charge on any atom is 0.137 e. The molecule has 94 valence electrons. The Hall–Kier alpha value is -1.19. The summed E-state index contributed by atoms with van der Waals surface area (Å²) in [4.78, 5) is 0. The largest absolute Gasteiger partial charge is 0.388 e. The van der Waals surface area contributed by atoms with Gasteiger partial charge in [-0.15, -0.1) is 0 Å². The molecule has 0 aromatic heterocycles. The summed E-state index contributed by atoms with van der Waals surface area (Å²) >= 11 is 3.12. The van der Waals surface area contributed by atoms with Crippen molar-refractivity contribution in [1.29, 1.82) is 0 Å². The van der Waals surface area contributed by atoms with E-state index in [0.717, 1.165) is 5.56 Å². The monoisotopic (exact) mass is 308 g/mol. The number of halogens is 2. The highest BCUT2D eigenvalue weighted by Crippen LogP contribution is 2.23. The van der Waals surface area contributed by atoms with Gasteiger partial charge in [-0.05, 0) is 46.1 Å². The van der Waals surface area contributed by atoms with E-state index in [1.807, 2.05) is 31.2 Å². The molecule has 2 aromatic rings. The van der Waals surface area contributed by atoms with Crippen LogP contribution in [0.15, 0.2) is 46.9 Å². The van der Waals surface area contributed by atoms with E-state index in [0.29, 0.717) is 16.5 Å². The van der Waals surface area contributed by atoms with Crippen molar-refractivity contribution in [2.45, 2.75) is 19.4 Å². The molecule has 0 aliphatic carbocycles. The van der Waals surface area contributed by atoms with E-state index >= 15 is 0 Å². The standard InChI is InChI=1S/C15H14BrFO/c1-10-2-4-11(5-3-10)8-15(18)12-6-7-14(17)13(16)9-12/h2-7,9,15,18H,8H2,1H3. The van der Waals surface area contributed by atoms with E-state index in [2.05, 4.69) is 15.9 Å². The minimum Gasteiger partial charge on any atom is -0.388 e. The van der Waals surface area contributed by atoms with Crippen molar-refractivity contribution in [3.8, 4) is 0 Å². The molecular formula is C15H14BrFO. The van der Waals surface area contributed by atoms with E-state index in [1.165, 1.54) is 11.6 Å². The van der Waals surface area contributed by atoms with Gasteiger partial charge in [0.25, 0.3) is 0 Å². The zero-order valence-corrected chi connectivity index (χ0v) is 11.6. The molecule has 1 N–H and O–H groups in total. The number of aryl methyl sites for hydroxylation is 1. The summed E-state index contributed by atoms with van der Waals surface area (Å²) in [5, 5.41) is 10.1. The second-order valence-electron chi connectivity index (χ2n) is 4.38. The molecule has 0 saturated heterocycles. The van der Waals surface area contributed by atoms with Crippen molar-refractivity contribution >= 4 is 15.9 Å². The van der Waals surface area contributed by atoms with Crippen LogP contribution in [0.4, 0.5) is 4.39 Å². The average molecular weight is 309 g/mol. The molecule has 18 heavy (non-hydrogen) atoms. The number of rotatable bonds is 3. The summed E-state index contributed by atoms with van der Waals surface area (Å²) in [5.41, 5.74) is 2.97. The first-order valence-electron chi connectivity index (χ1n) is 5.75. The summed E-state index contributed by atoms with van der Waals surface area (Å²) < 4.78 is 13.5. The van der Waals surface area contributed by atoms with Gasteiger partial charge in [0.1, 0.15) is 5.82 Å². The minimum absolute atomic E-state index is 0.318. The van der Waals surface area contributed by atoms with Gasteiger partial charge in [-0.2, -0.15) is 0 Å². The van der Waals surface area contributed by atoms with Crippen molar-refractivity contribution < 1.29 is 9.50 Å². The van der Waals surface area contributed by atoms with Gasteiger partial charge >= 0.3 is 0 Å². The predicted octanol–water partition coefficient (Wildman–Crippen LogP) is 4.17. The van der Waals surface area contributed by atoms with Gasteiger partial charge in [-0.3, -0.25) is 0 Å². The zero-order valence-electron chi connectivity index (χ0n) is 10.0. The average Bonchev–Trinajstić information content (AvgIpc) is 2.35. The normalized spacial score (nSPS) is 12.4. The summed E-state index contributed by atoms with van der Waals surface area (Å²) in [7, 11) is 0. The van der Waals surface area contributed by atoms with Gasteiger partial charge in [-0.1, -0.05) is 35.9 Å². The van der Waals surface area contributed by atoms with Crippen molar-refractivity contribution in [1.82, 2.24) is 0 Å². The smallest absolute Gasteiger partial charge is 0.137 e. The Balaban J connectivity index is 2.13. The van der Waals surface area contributed by atoms with Crippen molar-refractivity contribution in [2.24, 2.45) is 0 Å². The lowest BCUT2D eigenvalue weighted by atomic mass is 10.0. The molecule has 1 atom stereocenters. The molecule has 0 bridgehead atoms. The lowest BCUT2D eigenvalue weighted by Gasteiger charge is -2.12. The van der Waals surface area contributed by atoms with Crippen molar-refractivity contribution in [3.63, 3.8) is 0 Å². The molecule has 0 heterocycles. The number of hydrogen-bond donors (Lipinski definition) is 1. The van der Waals surface area contributed by atoms with Crippen LogP contribution in [0.3, 0.4) is 0 Å². The molecule has 0 aliphatic heterocycles. The van der Waals surface area contributed by atoms with Gasteiger partial charge in [-0.25, -0.2) is 4.39 Å². The molecule has 0 amide bonds. The molecule has 0 fully saturated rings. The van der Waals surface area contributed by atoms with Crippen molar-refractivity contribution in [3.05, 3.63) is 69.4 Å². The lowest BCUT2D eigenvalue weighted by molar-refractivity contribution is 0.178. The Morgan fingerprint density at radius 1 is 1.17 bits per heavy atom. The Bertz CT molecular complexity index is 537. The van der Waals surface area contributed by atoms with E-state index in [4.69, 9.17) is 0 Å². The maximum atomic E-state index is 13.1. The molecule has 0 saturated carbocycles. The first-order chi connectivity index (χ1) is 8.56. The number of aliphatic hydroxyl groups is 1. The number of aliphatic hydroxyl groups excluding tert-OH is 1. The zero-order chi connectivity index (χ0) is 13.1. The van der Waals surface area contributed by atoms with Crippen LogP contribution in [0.25, 0.3) is 0 Å². The maximum absolute atomic E-state index is 13.1. The highest BCUT2D eigenvalue weighted by molar-refractivity contribution is 9.10. The second-order valence-corrected chi connectivity index (χ2v) is 5.23. The Morgan fingerprint density at radius 2 is 1.83 bits per heavy atom. The Kier molecular flexibility index (Phi) is 4.15. The van der Waals surface area contributed by atoms with Gasteiger partial charge in [0.2, 0.25) is 0 Å². The summed E-state index contributed by atoms with van der Waals surface area (Å²) in [6, 6.07) is 12.6. The summed E-state index contributed by atoms with van der Waals surface area (Å²) in [6.45, 7) is 2.03. The minimum atomic E-state index is -0.621. The second kappa shape index (κ2) is 5.63. The predicted molar refractivity (Wildman–Crippen MR) is 73.9 cm³/mol.